The fraction of sp³-hybridized carbons (Fsp3) is 0.143. The first-order valence-electron chi connectivity index (χ1n) is 11.2. The number of fused-ring (bicyclic) bond motifs is 1. The number of alkyl halides is 1. The molecule has 0 saturated heterocycles. The van der Waals surface area contributed by atoms with Crippen molar-refractivity contribution in [1.29, 1.82) is 5.26 Å². The van der Waals surface area contributed by atoms with Crippen molar-refractivity contribution in [3.05, 3.63) is 105 Å². The zero-order chi connectivity index (χ0) is 24.5. The first-order chi connectivity index (χ1) is 16.9. The molecule has 3 N–H and O–H groups in total. The summed E-state index contributed by atoms with van der Waals surface area (Å²) in [4.78, 5) is 10.9. The Morgan fingerprint density at radius 3 is 2.49 bits per heavy atom. The number of nitriles is 1. The van der Waals surface area contributed by atoms with E-state index in [9.17, 15) is 14.4 Å². The molecule has 3 aromatic rings. The number of nitrogens with one attached hydrogen (secondary N) is 2. The van der Waals surface area contributed by atoms with Gasteiger partial charge in [0, 0.05) is 16.7 Å². The van der Waals surface area contributed by atoms with Gasteiger partial charge in [0.2, 0.25) is 0 Å². The smallest absolute Gasteiger partial charge is 0.328 e. The fourth-order valence-electron chi connectivity index (χ4n) is 4.40. The molecule has 5 rings (SSSR count). The maximum absolute atomic E-state index is 14.5. The van der Waals surface area contributed by atoms with Gasteiger partial charge < -0.3 is 10.5 Å². The third kappa shape index (κ3) is 4.69. The van der Waals surface area contributed by atoms with E-state index in [1.165, 1.54) is 6.08 Å². The summed E-state index contributed by atoms with van der Waals surface area (Å²) in [5.74, 6) is -0.727. The Hall–Kier alpha value is -3.92. The fourth-order valence-corrected chi connectivity index (χ4v) is 4.68. The third-order valence-corrected chi connectivity index (χ3v) is 6.52. The maximum atomic E-state index is 14.5. The molecule has 1 unspecified atom stereocenters. The molecule has 1 heterocycles. The number of hydrazine groups is 1. The SMILES string of the molecule is N#Cc1ccc(/C(=C(\c2ccc(/C=C/C(=O)O)cc2)c2ccc3c(c2)C(F)NN3)C2CC2)c(Cl)c1. The van der Waals surface area contributed by atoms with E-state index in [1.807, 2.05) is 48.5 Å². The molecule has 0 radical (unpaired) electrons. The number of allylic oxidation sites excluding steroid dienone is 1. The predicted molar refractivity (Wildman–Crippen MR) is 135 cm³/mol. The van der Waals surface area contributed by atoms with Gasteiger partial charge in [-0.1, -0.05) is 48.0 Å². The molecule has 0 bridgehead atoms. The Balaban J connectivity index is 1.72. The molecule has 1 aliphatic heterocycles. The molecule has 5 nitrogen and oxygen atoms in total. The van der Waals surface area contributed by atoms with Crippen LogP contribution in [0.25, 0.3) is 17.2 Å². The number of carboxylic acids is 1. The number of halogens is 2. The molecule has 1 saturated carbocycles. The lowest BCUT2D eigenvalue weighted by molar-refractivity contribution is -0.131. The van der Waals surface area contributed by atoms with Crippen molar-refractivity contribution in [3.63, 3.8) is 0 Å². The number of carbonyl (C=O) groups is 1. The molecule has 1 aliphatic carbocycles. The van der Waals surface area contributed by atoms with Crippen molar-refractivity contribution < 1.29 is 14.3 Å². The highest BCUT2D eigenvalue weighted by atomic mass is 35.5. The molecule has 2 aliphatic rings. The maximum Gasteiger partial charge on any atom is 0.328 e. The topological polar surface area (TPSA) is 85.2 Å². The standard InChI is InChI=1S/C28H21ClFN3O2/c29-23-13-17(15-31)3-10-21(23)27(19-7-8-19)26(18-5-1-16(2-6-18)4-12-25(34)35)20-9-11-24-22(14-20)28(30)33-32-24/h1-6,9-14,19,28,32-33H,7-8H2,(H,34,35)/b12-4+,27-26+. The van der Waals surface area contributed by atoms with Crippen LogP contribution in [0.3, 0.4) is 0 Å². The molecule has 7 heteroatoms. The number of nitrogens with zero attached hydrogens (tertiary/aromatic N) is 1. The quantitative estimate of drug-likeness (QED) is 0.209. The van der Waals surface area contributed by atoms with Crippen molar-refractivity contribution in [2.24, 2.45) is 5.92 Å². The Morgan fingerprint density at radius 2 is 1.83 bits per heavy atom. The van der Waals surface area contributed by atoms with E-state index in [0.717, 1.165) is 52.3 Å². The van der Waals surface area contributed by atoms with E-state index < -0.39 is 12.3 Å². The first-order valence-corrected chi connectivity index (χ1v) is 11.6. The second-order valence-electron chi connectivity index (χ2n) is 8.60. The molecule has 0 aromatic heterocycles. The number of rotatable bonds is 6. The van der Waals surface area contributed by atoms with Crippen molar-refractivity contribution in [2.75, 3.05) is 5.43 Å². The van der Waals surface area contributed by atoms with Gasteiger partial charge in [-0.2, -0.15) is 5.26 Å². The minimum atomic E-state index is -1.32. The summed E-state index contributed by atoms with van der Waals surface area (Å²) < 4.78 is 14.5. The summed E-state index contributed by atoms with van der Waals surface area (Å²) >= 11 is 6.68. The van der Waals surface area contributed by atoms with Crippen LogP contribution in [-0.4, -0.2) is 11.1 Å². The van der Waals surface area contributed by atoms with E-state index in [4.69, 9.17) is 16.7 Å². The third-order valence-electron chi connectivity index (χ3n) is 6.21. The van der Waals surface area contributed by atoms with E-state index in [0.29, 0.717) is 21.8 Å². The molecule has 3 aromatic carbocycles. The normalized spacial score (nSPS) is 17.5. The Bertz CT molecular complexity index is 1420. The van der Waals surface area contributed by atoms with Gasteiger partial charge in [0.25, 0.3) is 0 Å². The highest BCUT2D eigenvalue weighted by Gasteiger charge is 2.32. The van der Waals surface area contributed by atoms with Crippen LogP contribution >= 0.6 is 11.6 Å². The van der Waals surface area contributed by atoms with E-state index in [-0.39, 0.29) is 5.92 Å². The highest BCUT2D eigenvalue weighted by molar-refractivity contribution is 6.33. The monoisotopic (exact) mass is 485 g/mol. The zero-order valence-corrected chi connectivity index (χ0v) is 19.3. The summed E-state index contributed by atoms with van der Waals surface area (Å²) in [5.41, 5.74) is 12.5. The van der Waals surface area contributed by atoms with Gasteiger partial charge in [-0.05, 0) is 82.5 Å². The van der Waals surface area contributed by atoms with Crippen LogP contribution in [0.5, 0.6) is 0 Å². The molecule has 174 valence electrons. The van der Waals surface area contributed by atoms with Crippen molar-refractivity contribution >= 4 is 40.5 Å². The Labute approximate surface area is 207 Å². The summed E-state index contributed by atoms with van der Waals surface area (Å²) in [5, 5.41) is 18.7. The molecule has 35 heavy (non-hydrogen) atoms. The van der Waals surface area contributed by atoms with Gasteiger partial charge >= 0.3 is 5.97 Å². The molecule has 1 atom stereocenters. The van der Waals surface area contributed by atoms with Crippen LogP contribution in [0.2, 0.25) is 5.02 Å². The summed E-state index contributed by atoms with van der Waals surface area (Å²) in [7, 11) is 0. The molecule has 0 amide bonds. The second kappa shape index (κ2) is 9.38. The summed E-state index contributed by atoms with van der Waals surface area (Å²) in [6.45, 7) is 0. The van der Waals surface area contributed by atoms with Crippen molar-refractivity contribution in [1.82, 2.24) is 5.43 Å². The van der Waals surface area contributed by atoms with Gasteiger partial charge in [0.05, 0.1) is 17.3 Å². The average Bonchev–Trinajstić information content (AvgIpc) is 3.64. The predicted octanol–water partition coefficient (Wildman–Crippen LogP) is 6.58. The van der Waals surface area contributed by atoms with Gasteiger partial charge in [0.1, 0.15) is 0 Å². The minimum Gasteiger partial charge on any atom is -0.478 e. The van der Waals surface area contributed by atoms with Crippen molar-refractivity contribution in [3.8, 4) is 6.07 Å². The molecular formula is C28H21ClFN3O2. The minimum absolute atomic E-state index is 0.285. The molecular weight excluding hydrogens is 465 g/mol. The Kier molecular flexibility index (Phi) is 6.12. The Morgan fingerprint density at radius 1 is 1.09 bits per heavy atom. The van der Waals surface area contributed by atoms with Gasteiger partial charge in [-0.25, -0.2) is 14.6 Å². The number of aliphatic carboxylic acids is 1. The molecule has 0 spiro atoms. The number of carboxylic acid groups (broad SMARTS) is 1. The van der Waals surface area contributed by atoms with Crippen molar-refractivity contribution in [2.45, 2.75) is 19.1 Å². The zero-order valence-electron chi connectivity index (χ0n) is 18.6. The van der Waals surface area contributed by atoms with Crippen LogP contribution in [0.1, 0.15) is 52.5 Å². The largest absolute Gasteiger partial charge is 0.478 e. The number of hydrogen-bond donors (Lipinski definition) is 3. The highest BCUT2D eigenvalue weighted by Crippen LogP contribution is 2.49. The van der Waals surface area contributed by atoms with Gasteiger partial charge in [-0.15, -0.1) is 0 Å². The van der Waals surface area contributed by atoms with Crippen LogP contribution in [0.4, 0.5) is 10.1 Å². The van der Waals surface area contributed by atoms with E-state index in [1.54, 1.807) is 12.1 Å². The van der Waals surface area contributed by atoms with E-state index in [2.05, 4.69) is 16.9 Å². The van der Waals surface area contributed by atoms with Crippen LogP contribution < -0.4 is 10.9 Å². The summed E-state index contributed by atoms with van der Waals surface area (Å²) in [6.07, 6.45) is 3.33. The lowest BCUT2D eigenvalue weighted by Gasteiger charge is -2.19. The number of benzene rings is 3. The number of anilines is 1. The second-order valence-corrected chi connectivity index (χ2v) is 9.00. The first kappa shape index (κ1) is 22.9. The lowest BCUT2D eigenvalue weighted by atomic mass is 9.85. The van der Waals surface area contributed by atoms with Gasteiger partial charge in [-0.3, -0.25) is 0 Å². The van der Waals surface area contributed by atoms with Gasteiger partial charge in [0.15, 0.2) is 6.30 Å². The molecule has 1 fully saturated rings. The van der Waals surface area contributed by atoms with E-state index >= 15 is 0 Å². The van der Waals surface area contributed by atoms with Crippen LogP contribution in [-0.2, 0) is 4.79 Å². The van der Waals surface area contributed by atoms with Crippen LogP contribution in [0, 0.1) is 17.2 Å². The number of hydrogen-bond acceptors (Lipinski definition) is 4. The van der Waals surface area contributed by atoms with Crippen LogP contribution in [0.15, 0.2) is 66.7 Å². The summed E-state index contributed by atoms with van der Waals surface area (Å²) in [6, 6.07) is 20.7. The lowest BCUT2D eigenvalue weighted by Crippen LogP contribution is -2.14. The average molecular weight is 486 g/mol.